The molecule has 1 fully saturated rings. The van der Waals surface area contributed by atoms with Gasteiger partial charge in [0.05, 0.1) is 6.10 Å². The van der Waals surface area contributed by atoms with Crippen LogP contribution in [0.4, 0.5) is 0 Å². The molecular formula is C12H23NO. The molecule has 0 spiro atoms. The van der Waals surface area contributed by atoms with Gasteiger partial charge in [-0.3, -0.25) is 0 Å². The smallest absolute Gasteiger partial charge is 0.0575 e. The fourth-order valence-corrected chi connectivity index (χ4v) is 2.00. The highest BCUT2D eigenvalue weighted by Crippen LogP contribution is 2.18. The van der Waals surface area contributed by atoms with Crippen LogP contribution in [0.5, 0.6) is 0 Å². The van der Waals surface area contributed by atoms with Crippen molar-refractivity contribution >= 4 is 0 Å². The minimum absolute atomic E-state index is 0.518. The summed E-state index contributed by atoms with van der Waals surface area (Å²) in [5.41, 5.74) is 0. The van der Waals surface area contributed by atoms with Crippen molar-refractivity contribution in [1.29, 1.82) is 0 Å². The van der Waals surface area contributed by atoms with E-state index < -0.39 is 0 Å². The largest absolute Gasteiger partial charge is 0.378 e. The molecule has 2 nitrogen and oxygen atoms in total. The zero-order valence-electron chi connectivity index (χ0n) is 9.30. The standard InChI is InChI=1S/C12H23NO/c1-3-6-11(13-2)8-9-12-7-4-5-10-14-12/h3,11-13H,1,4-10H2,2H3. The van der Waals surface area contributed by atoms with E-state index in [4.69, 9.17) is 4.74 Å². The first-order chi connectivity index (χ1) is 6.86. The Bertz CT molecular complexity index is 152. The Morgan fingerprint density at radius 1 is 1.57 bits per heavy atom. The van der Waals surface area contributed by atoms with Crippen LogP contribution in [0.1, 0.15) is 38.5 Å². The van der Waals surface area contributed by atoms with Crippen molar-refractivity contribution in [3.63, 3.8) is 0 Å². The quantitative estimate of drug-likeness (QED) is 0.661. The SMILES string of the molecule is C=CCC(CCC1CCCCO1)NC. The summed E-state index contributed by atoms with van der Waals surface area (Å²) in [5.74, 6) is 0. The predicted molar refractivity (Wildman–Crippen MR) is 60.5 cm³/mol. The van der Waals surface area contributed by atoms with E-state index in [1.165, 1.54) is 32.1 Å². The summed E-state index contributed by atoms with van der Waals surface area (Å²) in [6.07, 6.45) is 9.81. The summed E-state index contributed by atoms with van der Waals surface area (Å²) in [7, 11) is 2.02. The van der Waals surface area contributed by atoms with Crippen molar-refractivity contribution in [2.45, 2.75) is 50.7 Å². The molecule has 1 heterocycles. The lowest BCUT2D eigenvalue weighted by Gasteiger charge is -2.24. The molecule has 0 aromatic rings. The van der Waals surface area contributed by atoms with Gasteiger partial charge < -0.3 is 10.1 Å². The van der Waals surface area contributed by atoms with Gasteiger partial charge in [0.25, 0.3) is 0 Å². The molecule has 0 amide bonds. The molecule has 14 heavy (non-hydrogen) atoms. The van der Waals surface area contributed by atoms with Crippen molar-refractivity contribution in [2.24, 2.45) is 0 Å². The maximum absolute atomic E-state index is 5.70. The number of hydrogen-bond donors (Lipinski definition) is 1. The van der Waals surface area contributed by atoms with Crippen LogP contribution in [0.25, 0.3) is 0 Å². The highest BCUT2D eigenvalue weighted by atomic mass is 16.5. The molecule has 1 rings (SSSR count). The third-order valence-corrected chi connectivity index (χ3v) is 2.97. The van der Waals surface area contributed by atoms with Crippen molar-refractivity contribution in [3.8, 4) is 0 Å². The molecule has 0 aromatic carbocycles. The Hall–Kier alpha value is -0.340. The van der Waals surface area contributed by atoms with Crippen molar-refractivity contribution < 1.29 is 4.74 Å². The first-order valence-electron chi connectivity index (χ1n) is 5.76. The van der Waals surface area contributed by atoms with Crippen LogP contribution < -0.4 is 5.32 Å². The van der Waals surface area contributed by atoms with Gasteiger partial charge >= 0.3 is 0 Å². The molecule has 2 unspecified atom stereocenters. The minimum Gasteiger partial charge on any atom is -0.378 e. The fraction of sp³-hybridized carbons (Fsp3) is 0.833. The summed E-state index contributed by atoms with van der Waals surface area (Å²) in [6.45, 7) is 4.74. The van der Waals surface area contributed by atoms with Gasteiger partial charge in [-0.15, -0.1) is 6.58 Å². The van der Waals surface area contributed by atoms with Crippen molar-refractivity contribution in [3.05, 3.63) is 12.7 Å². The first kappa shape index (κ1) is 11.7. The van der Waals surface area contributed by atoms with E-state index in [2.05, 4.69) is 11.9 Å². The van der Waals surface area contributed by atoms with Crippen LogP contribution in [-0.4, -0.2) is 25.8 Å². The van der Waals surface area contributed by atoms with Crippen LogP contribution in [-0.2, 0) is 4.74 Å². The zero-order valence-corrected chi connectivity index (χ0v) is 9.30. The van der Waals surface area contributed by atoms with Gasteiger partial charge in [0.2, 0.25) is 0 Å². The van der Waals surface area contributed by atoms with Gasteiger partial charge in [0, 0.05) is 12.6 Å². The van der Waals surface area contributed by atoms with Gasteiger partial charge in [-0.2, -0.15) is 0 Å². The molecule has 0 aliphatic carbocycles. The topological polar surface area (TPSA) is 21.3 Å². The number of nitrogens with one attached hydrogen (secondary N) is 1. The van der Waals surface area contributed by atoms with Gasteiger partial charge in [0.1, 0.15) is 0 Å². The highest BCUT2D eigenvalue weighted by molar-refractivity contribution is 4.78. The normalized spacial score (nSPS) is 24.5. The molecule has 0 bridgehead atoms. The van der Waals surface area contributed by atoms with Crippen LogP contribution in [0.15, 0.2) is 12.7 Å². The van der Waals surface area contributed by atoms with Gasteiger partial charge in [0.15, 0.2) is 0 Å². The van der Waals surface area contributed by atoms with E-state index in [9.17, 15) is 0 Å². The average molecular weight is 197 g/mol. The van der Waals surface area contributed by atoms with E-state index >= 15 is 0 Å². The van der Waals surface area contributed by atoms with E-state index in [1.54, 1.807) is 0 Å². The van der Waals surface area contributed by atoms with Gasteiger partial charge in [-0.05, 0) is 45.6 Å². The molecule has 2 atom stereocenters. The van der Waals surface area contributed by atoms with Gasteiger partial charge in [-0.25, -0.2) is 0 Å². The van der Waals surface area contributed by atoms with Crippen LogP contribution in [0.2, 0.25) is 0 Å². The molecule has 0 saturated carbocycles. The third kappa shape index (κ3) is 4.25. The Balaban J connectivity index is 2.13. The average Bonchev–Trinajstić information content (AvgIpc) is 2.25. The second-order valence-electron chi connectivity index (χ2n) is 4.08. The van der Waals surface area contributed by atoms with E-state index in [-0.39, 0.29) is 0 Å². The first-order valence-corrected chi connectivity index (χ1v) is 5.76. The lowest BCUT2D eigenvalue weighted by atomic mass is 10.0. The summed E-state index contributed by atoms with van der Waals surface area (Å²) in [4.78, 5) is 0. The molecule has 0 radical (unpaired) electrons. The predicted octanol–water partition coefficient (Wildman–Crippen LogP) is 2.50. The lowest BCUT2D eigenvalue weighted by Crippen LogP contribution is -2.27. The molecular weight excluding hydrogens is 174 g/mol. The summed E-state index contributed by atoms with van der Waals surface area (Å²) < 4.78 is 5.70. The third-order valence-electron chi connectivity index (χ3n) is 2.97. The Morgan fingerprint density at radius 2 is 2.43 bits per heavy atom. The number of rotatable bonds is 6. The van der Waals surface area contributed by atoms with E-state index in [1.807, 2.05) is 13.1 Å². The summed E-state index contributed by atoms with van der Waals surface area (Å²) >= 11 is 0. The lowest BCUT2D eigenvalue weighted by molar-refractivity contribution is 0.00874. The maximum Gasteiger partial charge on any atom is 0.0575 e. The molecule has 0 aromatic heterocycles. The number of hydrogen-bond acceptors (Lipinski definition) is 2. The van der Waals surface area contributed by atoms with Crippen LogP contribution >= 0.6 is 0 Å². The monoisotopic (exact) mass is 197 g/mol. The van der Waals surface area contributed by atoms with Crippen LogP contribution in [0, 0.1) is 0 Å². The zero-order chi connectivity index (χ0) is 10.2. The van der Waals surface area contributed by atoms with Crippen LogP contribution in [0.3, 0.4) is 0 Å². The molecule has 1 aliphatic rings. The van der Waals surface area contributed by atoms with Crippen molar-refractivity contribution in [2.75, 3.05) is 13.7 Å². The fourth-order valence-electron chi connectivity index (χ4n) is 2.00. The summed E-state index contributed by atoms with van der Waals surface area (Å²) in [6, 6.07) is 0.582. The maximum atomic E-state index is 5.70. The molecule has 2 heteroatoms. The Kier molecular flexibility index (Phi) is 5.88. The molecule has 1 saturated heterocycles. The molecule has 82 valence electrons. The van der Waals surface area contributed by atoms with E-state index in [0.29, 0.717) is 12.1 Å². The van der Waals surface area contributed by atoms with Crippen molar-refractivity contribution in [1.82, 2.24) is 5.32 Å². The minimum atomic E-state index is 0.518. The van der Waals surface area contributed by atoms with Gasteiger partial charge in [-0.1, -0.05) is 6.08 Å². The van der Waals surface area contributed by atoms with E-state index in [0.717, 1.165) is 13.0 Å². The summed E-state index contributed by atoms with van der Waals surface area (Å²) in [5, 5.41) is 3.32. The Morgan fingerprint density at radius 3 is 3.00 bits per heavy atom. The number of ether oxygens (including phenoxy) is 1. The Labute approximate surface area is 87.7 Å². The highest BCUT2D eigenvalue weighted by Gasteiger charge is 2.15. The molecule has 1 N–H and O–H groups in total. The second kappa shape index (κ2) is 7.02. The molecule has 1 aliphatic heterocycles. The second-order valence-corrected chi connectivity index (χ2v) is 4.08.